The molecule has 0 fully saturated rings. The molecule has 18 heteroatoms. The van der Waals surface area contributed by atoms with Crippen LogP contribution in [0.25, 0.3) is 46.3 Å². The second-order valence-electron chi connectivity index (χ2n) is 11.8. The van der Waals surface area contributed by atoms with E-state index in [4.69, 9.17) is 31.3 Å². The Hall–Kier alpha value is -6.17. The van der Waals surface area contributed by atoms with Gasteiger partial charge in [-0.2, -0.15) is 0 Å². The van der Waals surface area contributed by atoms with E-state index < -0.39 is 23.9 Å². The van der Waals surface area contributed by atoms with Crippen LogP contribution in [-0.4, -0.2) is 74.0 Å². The molecule has 0 aromatic carbocycles. The number of nitrogens with zero attached hydrogens (tertiary/aromatic N) is 7. The molecule has 0 aliphatic carbocycles. The fraction of sp³-hybridized carbons (Fsp3) is 0.344. The summed E-state index contributed by atoms with van der Waals surface area (Å²) >= 11 is 0. The van der Waals surface area contributed by atoms with Crippen molar-refractivity contribution in [1.29, 1.82) is 0 Å². The highest BCUT2D eigenvalue weighted by Gasteiger charge is 2.29. The number of oxazole rings is 6. The van der Waals surface area contributed by atoms with Crippen LogP contribution < -0.4 is 10.6 Å². The van der Waals surface area contributed by atoms with Crippen molar-refractivity contribution in [3.63, 3.8) is 0 Å². The fourth-order valence-electron chi connectivity index (χ4n) is 5.04. The second kappa shape index (κ2) is 14.5. The van der Waals surface area contributed by atoms with Crippen molar-refractivity contribution in [2.45, 2.75) is 45.2 Å². The average Bonchev–Trinajstić information content (AvgIpc) is 3.94. The molecule has 2 unspecified atom stereocenters. The van der Waals surface area contributed by atoms with Gasteiger partial charge in [0.1, 0.15) is 56.5 Å². The van der Waals surface area contributed by atoms with Gasteiger partial charge >= 0.3 is 0 Å². The lowest BCUT2D eigenvalue weighted by Crippen LogP contribution is -2.32. The van der Waals surface area contributed by atoms with Crippen LogP contribution in [0.3, 0.4) is 0 Å². The minimum Gasteiger partial charge on any atom is -0.446 e. The lowest BCUT2D eigenvalue weighted by Gasteiger charge is -2.18. The summed E-state index contributed by atoms with van der Waals surface area (Å²) in [5, 5.41) is 5.84. The first-order valence-corrected chi connectivity index (χ1v) is 15.5. The van der Waals surface area contributed by atoms with Crippen LogP contribution in [0.2, 0.25) is 0 Å². The molecule has 1 aliphatic heterocycles. The van der Waals surface area contributed by atoms with Crippen LogP contribution in [0.15, 0.2) is 64.1 Å². The minimum absolute atomic E-state index is 0.0145. The minimum atomic E-state index is -0.629. The summed E-state index contributed by atoms with van der Waals surface area (Å²) < 4.78 is 33.9. The number of amides is 2. The first-order chi connectivity index (χ1) is 24.2. The third-order valence-corrected chi connectivity index (χ3v) is 7.57. The molecule has 7 rings (SSSR count). The lowest BCUT2D eigenvalue weighted by molar-refractivity contribution is -0.0980. The number of fused-ring (bicyclic) bond motifs is 16. The first kappa shape index (κ1) is 33.7. The Morgan fingerprint density at radius 1 is 0.620 bits per heavy atom. The smallest absolute Gasteiger partial charge is 0.273 e. The third kappa shape index (κ3) is 7.14. The van der Waals surface area contributed by atoms with Crippen LogP contribution in [0.4, 0.5) is 0 Å². The van der Waals surface area contributed by atoms with E-state index in [1.54, 1.807) is 0 Å². The number of aromatic nitrogens is 6. The number of nitrogens with one attached hydrogen (secondary N) is 2. The predicted octanol–water partition coefficient (Wildman–Crippen LogP) is 4.74. The van der Waals surface area contributed by atoms with Crippen LogP contribution in [0.1, 0.15) is 78.0 Å². The largest absolute Gasteiger partial charge is 0.446 e. The predicted molar refractivity (Wildman–Crippen MR) is 170 cm³/mol. The van der Waals surface area contributed by atoms with Gasteiger partial charge in [0.2, 0.25) is 35.3 Å². The van der Waals surface area contributed by atoms with Crippen LogP contribution in [0, 0.1) is 5.92 Å². The molecule has 1 aliphatic rings. The fourth-order valence-corrected chi connectivity index (χ4v) is 5.04. The van der Waals surface area contributed by atoms with Crippen molar-refractivity contribution < 1.29 is 40.9 Å². The third-order valence-electron chi connectivity index (χ3n) is 7.57. The quantitative estimate of drug-likeness (QED) is 0.225. The molecule has 6 aromatic heterocycles. The molecule has 2 atom stereocenters. The number of hydrogen-bond donors (Lipinski definition) is 2. The van der Waals surface area contributed by atoms with Gasteiger partial charge in [-0.25, -0.2) is 29.9 Å². The molecule has 12 bridgehead atoms. The molecule has 18 nitrogen and oxygen atoms in total. The Morgan fingerprint density at radius 2 is 1.04 bits per heavy atom. The van der Waals surface area contributed by atoms with Crippen molar-refractivity contribution in [3.05, 3.63) is 60.7 Å². The number of hydrogen-bond acceptors (Lipinski definition) is 16. The van der Waals surface area contributed by atoms with Gasteiger partial charge in [0, 0.05) is 0 Å². The molecule has 0 saturated carbocycles. The van der Waals surface area contributed by atoms with Gasteiger partial charge in [-0.15, -0.1) is 0 Å². The Bertz CT molecular complexity index is 2060. The van der Waals surface area contributed by atoms with Crippen molar-refractivity contribution in [2.24, 2.45) is 5.92 Å². The Balaban J connectivity index is 0.00000212. The van der Waals surface area contributed by atoms with Gasteiger partial charge in [-0.05, 0) is 45.8 Å². The van der Waals surface area contributed by atoms with Crippen LogP contribution in [-0.2, 0) is 4.79 Å². The van der Waals surface area contributed by atoms with E-state index in [2.05, 4.69) is 45.4 Å². The maximum atomic E-state index is 13.4. The SMILES string of the molecule is C=O.CC(C)C1NC(=O)c2coc(n2)-c2coc(n2)-c2coc(n2)C(CCCCN(C)C)NC(=O)c2coc(n2)-c2coc(n2)-c2coc1n2. The van der Waals surface area contributed by atoms with Crippen molar-refractivity contribution in [2.75, 3.05) is 20.6 Å². The summed E-state index contributed by atoms with van der Waals surface area (Å²) in [5.74, 6) is -0.276. The van der Waals surface area contributed by atoms with E-state index in [9.17, 15) is 9.59 Å². The topological polar surface area (TPSA) is 235 Å². The number of carbonyl (C=O) groups excluding carboxylic acids is 3. The van der Waals surface area contributed by atoms with Gasteiger partial charge in [0.15, 0.2) is 34.2 Å². The zero-order valence-corrected chi connectivity index (χ0v) is 27.5. The van der Waals surface area contributed by atoms with Gasteiger partial charge in [-0.3, -0.25) is 9.59 Å². The summed E-state index contributed by atoms with van der Waals surface area (Å²) in [6, 6.07) is -1.23. The van der Waals surface area contributed by atoms with Gasteiger partial charge in [-0.1, -0.05) is 13.8 Å². The molecular formula is C32H33N9O9. The highest BCUT2D eigenvalue weighted by Crippen LogP contribution is 2.30. The summed E-state index contributed by atoms with van der Waals surface area (Å²) in [5.41, 5.74) is 1.08. The summed E-state index contributed by atoms with van der Waals surface area (Å²) in [4.78, 5) is 63.2. The lowest BCUT2D eigenvalue weighted by atomic mass is 10.0. The Labute approximate surface area is 283 Å². The molecule has 7 heterocycles. The van der Waals surface area contributed by atoms with Crippen molar-refractivity contribution in [3.8, 4) is 46.3 Å². The maximum absolute atomic E-state index is 13.4. The Morgan fingerprint density at radius 3 is 1.56 bits per heavy atom. The molecule has 0 saturated heterocycles. The standard InChI is InChI=1S/C31H31N9O8.CH2O/c1-15(2)23-31-38-22(14-48-31)30-37-19(13-47-30)27-33-17(9-43-27)24(41)32-16(7-5-6-8-40(3)4)26-35-21(11-45-26)29-36-20(12-46-29)28-34-18(10-44-28)25(42)39-23;1-2/h9-16,23H,5-8H2,1-4H3,(H,32,41)(H,39,42);1H2. The normalized spacial score (nSPS) is 16.0. The zero-order chi connectivity index (χ0) is 35.4. The van der Waals surface area contributed by atoms with E-state index in [0.29, 0.717) is 12.1 Å². The molecule has 6 aromatic rings. The Kier molecular flexibility index (Phi) is 9.80. The van der Waals surface area contributed by atoms with Crippen LogP contribution >= 0.6 is 0 Å². The highest BCUT2D eigenvalue weighted by molar-refractivity contribution is 5.93. The van der Waals surface area contributed by atoms with E-state index in [-0.39, 0.29) is 69.7 Å². The number of carbonyl (C=O) groups is 3. The molecule has 2 N–H and O–H groups in total. The molecule has 260 valence electrons. The maximum Gasteiger partial charge on any atom is 0.273 e. The number of rotatable bonds is 6. The highest BCUT2D eigenvalue weighted by atomic mass is 16.4. The molecule has 0 radical (unpaired) electrons. The second-order valence-corrected chi connectivity index (χ2v) is 11.8. The first-order valence-electron chi connectivity index (χ1n) is 15.5. The number of unbranched alkanes of at least 4 members (excludes halogenated alkanes) is 1. The summed E-state index contributed by atoms with van der Waals surface area (Å²) in [6.45, 7) is 6.68. The monoisotopic (exact) mass is 687 g/mol. The van der Waals surface area contributed by atoms with Crippen LogP contribution in [0.5, 0.6) is 0 Å². The zero-order valence-electron chi connectivity index (χ0n) is 27.5. The van der Waals surface area contributed by atoms with Crippen molar-refractivity contribution >= 4 is 18.6 Å². The van der Waals surface area contributed by atoms with Gasteiger partial charge in [0.05, 0.1) is 0 Å². The molecular weight excluding hydrogens is 654 g/mol. The summed E-state index contributed by atoms with van der Waals surface area (Å²) in [6.07, 6.45) is 10.1. The van der Waals surface area contributed by atoms with E-state index in [1.165, 1.54) is 37.6 Å². The summed E-state index contributed by atoms with van der Waals surface area (Å²) in [7, 11) is 4.00. The average molecular weight is 688 g/mol. The molecule has 0 spiro atoms. The van der Waals surface area contributed by atoms with Gasteiger partial charge < -0.3 is 46.8 Å². The van der Waals surface area contributed by atoms with E-state index in [1.807, 2.05) is 34.7 Å². The van der Waals surface area contributed by atoms with Gasteiger partial charge in [0.25, 0.3) is 11.8 Å². The van der Waals surface area contributed by atoms with E-state index in [0.717, 1.165) is 19.4 Å². The van der Waals surface area contributed by atoms with Crippen molar-refractivity contribution in [1.82, 2.24) is 45.4 Å². The molecule has 50 heavy (non-hydrogen) atoms. The van der Waals surface area contributed by atoms with E-state index >= 15 is 0 Å². The molecule has 2 amide bonds.